The Bertz CT molecular complexity index is 302. The molecule has 12 heavy (non-hydrogen) atoms. The van der Waals surface area contributed by atoms with Crippen LogP contribution < -0.4 is 0 Å². The van der Waals surface area contributed by atoms with Crippen LogP contribution in [0.2, 0.25) is 0 Å². The van der Waals surface area contributed by atoms with Crippen molar-refractivity contribution < 1.29 is 22.4 Å². The SMILES string of the molecule is Cc1nc(C=O)c(C(F)(F)F)o1. The largest absolute Gasteiger partial charge is 0.452 e. The quantitative estimate of drug-likeness (QED) is 0.617. The standard InChI is InChI=1S/C6H4F3NO2/c1-3-10-4(2-11)5(12-3)6(7,8)9/h2H,1H3. The molecule has 3 nitrogen and oxygen atoms in total. The molecule has 0 bridgehead atoms. The lowest BCUT2D eigenvalue weighted by Crippen LogP contribution is -2.06. The van der Waals surface area contributed by atoms with Crippen LogP contribution in [0.5, 0.6) is 0 Å². The van der Waals surface area contributed by atoms with E-state index in [2.05, 4.69) is 9.40 Å². The zero-order valence-corrected chi connectivity index (χ0v) is 5.97. The lowest BCUT2D eigenvalue weighted by atomic mass is 10.3. The highest BCUT2D eigenvalue weighted by molar-refractivity contribution is 5.73. The first-order chi connectivity index (χ1) is 5.45. The Morgan fingerprint density at radius 3 is 2.42 bits per heavy atom. The fourth-order valence-corrected chi connectivity index (χ4v) is 0.726. The Balaban J connectivity index is 3.22. The van der Waals surface area contributed by atoms with Crippen molar-refractivity contribution in [2.45, 2.75) is 13.1 Å². The van der Waals surface area contributed by atoms with E-state index in [1.54, 1.807) is 0 Å². The van der Waals surface area contributed by atoms with Gasteiger partial charge in [0.25, 0.3) is 0 Å². The molecule has 0 saturated carbocycles. The fraction of sp³-hybridized carbons (Fsp3) is 0.333. The summed E-state index contributed by atoms with van der Waals surface area (Å²) in [5, 5.41) is 0. The third kappa shape index (κ3) is 1.46. The molecule has 0 fully saturated rings. The molecule has 1 heterocycles. The normalized spacial score (nSPS) is 11.7. The van der Waals surface area contributed by atoms with Gasteiger partial charge in [0.15, 0.2) is 17.9 Å². The summed E-state index contributed by atoms with van der Waals surface area (Å²) < 4.78 is 40.1. The number of aryl methyl sites for hydroxylation is 1. The molecule has 0 aliphatic rings. The number of aldehydes is 1. The van der Waals surface area contributed by atoms with Gasteiger partial charge in [0, 0.05) is 6.92 Å². The third-order valence-electron chi connectivity index (χ3n) is 1.13. The number of hydrogen-bond acceptors (Lipinski definition) is 3. The van der Waals surface area contributed by atoms with E-state index in [1.807, 2.05) is 0 Å². The number of aromatic nitrogens is 1. The molecule has 6 heteroatoms. The van der Waals surface area contributed by atoms with Crippen LogP contribution >= 0.6 is 0 Å². The average Bonchev–Trinajstić information content (AvgIpc) is 2.29. The highest BCUT2D eigenvalue weighted by Crippen LogP contribution is 2.31. The molecule has 0 amide bonds. The maximum absolute atomic E-state index is 12.0. The maximum Gasteiger partial charge on any atom is 0.452 e. The zero-order chi connectivity index (χ0) is 9.35. The van der Waals surface area contributed by atoms with Crippen LogP contribution in [-0.4, -0.2) is 11.3 Å². The summed E-state index contributed by atoms with van der Waals surface area (Å²) in [6.45, 7) is 1.24. The second kappa shape index (κ2) is 2.62. The highest BCUT2D eigenvalue weighted by atomic mass is 19.4. The molecule has 0 radical (unpaired) electrons. The van der Waals surface area contributed by atoms with Gasteiger partial charge in [0.05, 0.1) is 0 Å². The van der Waals surface area contributed by atoms with Gasteiger partial charge in [-0.15, -0.1) is 0 Å². The summed E-state index contributed by atoms with van der Waals surface area (Å²) in [6.07, 6.45) is -4.64. The fourth-order valence-electron chi connectivity index (χ4n) is 0.726. The van der Waals surface area contributed by atoms with Gasteiger partial charge in [0.2, 0.25) is 5.76 Å². The number of carbonyl (C=O) groups excluding carboxylic acids is 1. The molecule has 0 spiro atoms. The summed E-state index contributed by atoms with van der Waals surface area (Å²) in [7, 11) is 0. The zero-order valence-electron chi connectivity index (χ0n) is 5.97. The Morgan fingerprint density at radius 1 is 1.50 bits per heavy atom. The van der Waals surface area contributed by atoms with E-state index < -0.39 is 17.6 Å². The summed E-state index contributed by atoms with van der Waals surface area (Å²) >= 11 is 0. The number of halogens is 3. The van der Waals surface area contributed by atoms with Crippen molar-refractivity contribution in [3.05, 3.63) is 17.3 Å². The van der Waals surface area contributed by atoms with E-state index >= 15 is 0 Å². The predicted octanol–water partition coefficient (Wildman–Crippen LogP) is 1.81. The van der Waals surface area contributed by atoms with Gasteiger partial charge < -0.3 is 4.42 Å². The van der Waals surface area contributed by atoms with Crippen LogP contribution in [0.1, 0.15) is 22.1 Å². The number of carbonyl (C=O) groups is 1. The molecule has 0 atom stereocenters. The molecule has 1 aromatic heterocycles. The van der Waals surface area contributed by atoms with Crippen LogP contribution in [0.15, 0.2) is 4.42 Å². The second-order valence-electron chi connectivity index (χ2n) is 2.06. The van der Waals surface area contributed by atoms with Crippen molar-refractivity contribution in [1.82, 2.24) is 4.98 Å². The van der Waals surface area contributed by atoms with Crippen LogP contribution in [0, 0.1) is 6.92 Å². The van der Waals surface area contributed by atoms with Crippen molar-refractivity contribution >= 4 is 6.29 Å². The van der Waals surface area contributed by atoms with Crippen LogP contribution in [0.4, 0.5) is 13.2 Å². The van der Waals surface area contributed by atoms with Crippen molar-refractivity contribution in [3.63, 3.8) is 0 Å². The first-order valence-corrected chi connectivity index (χ1v) is 2.95. The van der Waals surface area contributed by atoms with Gasteiger partial charge >= 0.3 is 6.18 Å². The lowest BCUT2D eigenvalue weighted by molar-refractivity contribution is -0.153. The molecule has 66 valence electrons. The summed E-state index contributed by atoms with van der Waals surface area (Å²) in [6, 6.07) is 0. The highest BCUT2D eigenvalue weighted by Gasteiger charge is 2.39. The number of alkyl halides is 3. The Kier molecular flexibility index (Phi) is 1.91. The summed E-state index contributed by atoms with van der Waals surface area (Å²) in [4.78, 5) is 13.3. The third-order valence-corrected chi connectivity index (χ3v) is 1.13. The Morgan fingerprint density at radius 2 is 2.08 bits per heavy atom. The minimum Gasteiger partial charge on any atom is -0.436 e. The van der Waals surface area contributed by atoms with Crippen molar-refractivity contribution in [2.75, 3.05) is 0 Å². The molecule has 0 aromatic carbocycles. The van der Waals surface area contributed by atoms with Crippen molar-refractivity contribution in [3.8, 4) is 0 Å². The molecule has 0 aliphatic carbocycles. The minimum absolute atomic E-state index is 0.0132. The van der Waals surface area contributed by atoms with Gasteiger partial charge in [-0.25, -0.2) is 4.98 Å². The molecule has 1 aromatic rings. The van der Waals surface area contributed by atoms with Crippen molar-refractivity contribution in [2.24, 2.45) is 0 Å². The van der Waals surface area contributed by atoms with Gasteiger partial charge in [0.1, 0.15) is 0 Å². The minimum atomic E-state index is -4.66. The van der Waals surface area contributed by atoms with Crippen LogP contribution in [0.25, 0.3) is 0 Å². The van der Waals surface area contributed by atoms with Gasteiger partial charge in [-0.3, -0.25) is 4.79 Å². The number of nitrogens with zero attached hydrogens (tertiary/aromatic N) is 1. The second-order valence-corrected chi connectivity index (χ2v) is 2.06. The van der Waals surface area contributed by atoms with Gasteiger partial charge in [-0.05, 0) is 0 Å². The Hall–Kier alpha value is -1.33. The smallest absolute Gasteiger partial charge is 0.436 e. The molecular weight excluding hydrogens is 175 g/mol. The molecule has 0 N–H and O–H groups in total. The molecule has 0 aliphatic heterocycles. The first-order valence-electron chi connectivity index (χ1n) is 2.95. The lowest BCUT2D eigenvalue weighted by Gasteiger charge is -2.00. The van der Waals surface area contributed by atoms with Crippen LogP contribution in [-0.2, 0) is 6.18 Å². The molecular formula is C6H4F3NO2. The molecule has 0 saturated heterocycles. The van der Waals surface area contributed by atoms with Crippen LogP contribution in [0.3, 0.4) is 0 Å². The van der Waals surface area contributed by atoms with E-state index in [-0.39, 0.29) is 12.2 Å². The van der Waals surface area contributed by atoms with Crippen molar-refractivity contribution in [1.29, 1.82) is 0 Å². The van der Waals surface area contributed by atoms with E-state index in [9.17, 15) is 18.0 Å². The van der Waals surface area contributed by atoms with Gasteiger partial charge in [-0.1, -0.05) is 0 Å². The molecule has 0 unspecified atom stereocenters. The van der Waals surface area contributed by atoms with E-state index in [1.165, 1.54) is 6.92 Å². The first kappa shape index (κ1) is 8.76. The Labute approximate surface area is 65.2 Å². The van der Waals surface area contributed by atoms with E-state index in [0.29, 0.717) is 0 Å². The number of hydrogen-bond donors (Lipinski definition) is 0. The topological polar surface area (TPSA) is 43.1 Å². The summed E-state index contributed by atoms with van der Waals surface area (Å²) in [5.74, 6) is -1.51. The van der Waals surface area contributed by atoms with E-state index in [0.717, 1.165) is 0 Å². The average molecular weight is 179 g/mol. The molecule has 1 rings (SSSR count). The predicted molar refractivity (Wildman–Crippen MR) is 31.6 cm³/mol. The maximum atomic E-state index is 12.0. The number of oxazole rings is 1. The van der Waals surface area contributed by atoms with Gasteiger partial charge in [-0.2, -0.15) is 13.2 Å². The summed E-state index contributed by atoms with van der Waals surface area (Å²) in [5.41, 5.74) is -0.708. The number of rotatable bonds is 1. The van der Waals surface area contributed by atoms with E-state index in [4.69, 9.17) is 0 Å². The monoisotopic (exact) mass is 179 g/mol.